The molecule has 0 aliphatic heterocycles. The van der Waals surface area contributed by atoms with E-state index in [-0.39, 0.29) is 44.0 Å². The monoisotopic (exact) mass is 530 g/mol. The van der Waals surface area contributed by atoms with Crippen LogP contribution in [0.4, 0.5) is 8.78 Å². The van der Waals surface area contributed by atoms with Gasteiger partial charge in [-0.2, -0.15) is 0 Å². The Kier molecular flexibility index (Phi) is 9.08. The Morgan fingerprint density at radius 1 is 0.842 bits per heavy atom. The number of ether oxygens (including phenoxy) is 3. The molecule has 0 bridgehead atoms. The van der Waals surface area contributed by atoms with Crippen LogP contribution in [0.1, 0.15) is 59.0 Å². The number of carbonyl (C=O) groups excluding carboxylic acids is 5. The molecular formula is C28H28F2O8. The van der Waals surface area contributed by atoms with Crippen molar-refractivity contribution in [1.82, 2.24) is 0 Å². The second-order valence-corrected chi connectivity index (χ2v) is 8.77. The molecule has 202 valence electrons. The summed E-state index contributed by atoms with van der Waals surface area (Å²) in [6.07, 6.45) is -0.226. The van der Waals surface area contributed by atoms with Gasteiger partial charge in [0.15, 0.2) is 11.6 Å². The van der Waals surface area contributed by atoms with Gasteiger partial charge in [0.05, 0.1) is 26.2 Å². The lowest BCUT2D eigenvalue weighted by Crippen LogP contribution is -2.41. The molecule has 2 aromatic rings. The average Bonchev–Trinajstić information content (AvgIpc) is 3.33. The third-order valence-corrected chi connectivity index (χ3v) is 6.30. The average molecular weight is 531 g/mol. The van der Waals surface area contributed by atoms with E-state index in [1.165, 1.54) is 30.3 Å². The molecule has 0 fully saturated rings. The number of Topliss-reactive ketones (excluding diaryl/α,β-unsaturated/α-hetero) is 2. The summed E-state index contributed by atoms with van der Waals surface area (Å²) >= 11 is 0. The fourth-order valence-electron chi connectivity index (χ4n) is 4.61. The fraction of sp³-hybridized carbons (Fsp3) is 0.393. The molecule has 0 amide bonds. The third-order valence-electron chi connectivity index (χ3n) is 6.30. The van der Waals surface area contributed by atoms with Gasteiger partial charge in [0, 0.05) is 11.1 Å². The van der Waals surface area contributed by atoms with Gasteiger partial charge in [-0.1, -0.05) is 0 Å². The van der Waals surface area contributed by atoms with Crippen molar-refractivity contribution < 1.29 is 47.0 Å². The molecule has 0 heterocycles. The minimum atomic E-state index is -1.65. The molecule has 4 rings (SSSR count). The van der Waals surface area contributed by atoms with E-state index >= 15 is 0 Å². The molecule has 10 heteroatoms. The van der Waals surface area contributed by atoms with Crippen molar-refractivity contribution in [2.24, 2.45) is 11.3 Å². The summed E-state index contributed by atoms with van der Waals surface area (Å²) < 4.78 is 40.9. The van der Waals surface area contributed by atoms with Gasteiger partial charge in [0.2, 0.25) is 0 Å². The lowest BCUT2D eigenvalue weighted by atomic mass is 9.80. The Hall–Kier alpha value is -3.95. The number of rotatable bonds is 7. The van der Waals surface area contributed by atoms with Crippen LogP contribution in [0, 0.1) is 23.0 Å². The summed E-state index contributed by atoms with van der Waals surface area (Å²) in [7, 11) is 0. The SMILES string of the molecule is CCOC(=O)C1Cc2cc(F)ccc2C1=O.CCOC(=O)CC1(C(=O)OCC)Cc2cc(F)ccc2C1=O. The van der Waals surface area contributed by atoms with Gasteiger partial charge < -0.3 is 14.2 Å². The lowest BCUT2D eigenvalue weighted by Gasteiger charge is -2.23. The first kappa shape index (κ1) is 28.6. The van der Waals surface area contributed by atoms with Gasteiger partial charge in [-0.3, -0.25) is 24.0 Å². The molecule has 2 aromatic carbocycles. The molecule has 0 radical (unpaired) electrons. The Morgan fingerprint density at radius 2 is 1.42 bits per heavy atom. The molecule has 0 saturated heterocycles. The van der Waals surface area contributed by atoms with Gasteiger partial charge >= 0.3 is 17.9 Å². The molecule has 2 unspecified atom stereocenters. The van der Waals surface area contributed by atoms with Crippen LogP contribution in [0.2, 0.25) is 0 Å². The normalized spacial score (nSPS) is 19.1. The minimum Gasteiger partial charge on any atom is -0.466 e. The van der Waals surface area contributed by atoms with Crippen molar-refractivity contribution in [3.8, 4) is 0 Å². The molecule has 0 aromatic heterocycles. The maximum absolute atomic E-state index is 13.4. The van der Waals surface area contributed by atoms with Gasteiger partial charge in [-0.25, -0.2) is 8.78 Å². The minimum absolute atomic E-state index is 0.0590. The number of ketones is 2. The van der Waals surface area contributed by atoms with E-state index in [0.29, 0.717) is 16.7 Å². The highest BCUT2D eigenvalue weighted by Gasteiger charge is 2.54. The quantitative estimate of drug-likeness (QED) is 0.302. The van der Waals surface area contributed by atoms with Crippen LogP contribution in [-0.2, 0) is 41.4 Å². The Balaban J connectivity index is 0.000000221. The van der Waals surface area contributed by atoms with Crippen LogP contribution in [0.3, 0.4) is 0 Å². The molecule has 0 saturated carbocycles. The van der Waals surface area contributed by atoms with E-state index in [1.54, 1.807) is 20.8 Å². The summed E-state index contributed by atoms with van der Waals surface area (Å²) in [6, 6.07) is 7.64. The number of carbonyl (C=O) groups is 5. The number of halogens is 2. The second-order valence-electron chi connectivity index (χ2n) is 8.77. The number of hydrogen-bond donors (Lipinski definition) is 0. The molecule has 0 spiro atoms. The zero-order valence-electron chi connectivity index (χ0n) is 21.3. The molecule has 2 aliphatic rings. The fourth-order valence-corrected chi connectivity index (χ4v) is 4.61. The Morgan fingerprint density at radius 3 is 2.03 bits per heavy atom. The van der Waals surface area contributed by atoms with Crippen LogP contribution in [0.5, 0.6) is 0 Å². The maximum Gasteiger partial charge on any atom is 0.320 e. The van der Waals surface area contributed by atoms with Gasteiger partial charge in [-0.05, 0) is 81.1 Å². The van der Waals surface area contributed by atoms with Crippen LogP contribution in [0.25, 0.3) is 0 Å². The molecule has 38 heavy (non-hydrogen) atoms. The zero-order valence-corrected chi connectivity index (χ0v) is 21.3. The number of esters is 3. The summed E-state index contributed by atoms with van der Waals surface area (Å²) in [5.74, 6) is -4.43. The molecular weight excluding hydrogens is 502 g/mol. The summed E-state index contributed by atoms with van der Waals surface area (Å²) in [5, 5.41) is 0. The highest BCUT2D eigenvalue weighted by atomic mass is 19.1. The van der Waals surface area contributed by atoms with Crippen molar-refractivity contribution in [2.75, 3.05) is 19.8 Å². The third kappa shape index (κ3) is 5.79. The van der Waals surface area contributed by atoms with Crippen LogP contribution in [0.15, 0.2) is 36.4 Å². The lowest BCUT2D eigenvalue weighted by molar-refractivity contribution is -0.158. The predicted octanol–water partition coefficient (Wildman–Crippen LogP) is 3.81. The van der Waals surface area contributed by atoms with E-state index in [1.807, 2.05) is 0 Å². The van der Waals surface area contributed by atoms with E-state index < -0.39 is 53.1 Å². The smallest absolute Gasteiger partial charge is 0.320 e. The second kappa shape index (κ2) is 12.1. The van der Waals surface area contributed by atoms with Crippen LogP contribution < -0.4 is 0 Å². The summed E-state index contributed by atoms with van der Waals surface area (Å²) in [5.41, 5.74) is 0.0156. The molecule has 2 aliphatic carbocycles. The van der Waals surface area contributed by atoms with Gasteiger partial charge in [0.25, 0.3) is 0 Å². The predicted molar refractivity (Wildman–Crippen MR) is 129 cm³/mol. The number of benzene rings is 2. The standard InChI is InChI=1S/C16H17FO5.C12H11FO3/c1-3-21-13(18)9-16(15(20)22-4-2)8-10-7-11(17)5-6-12(10)14(16)19;1-2-16-12(15)10-6-7-5-8(13)3-4-9(7)11(10)14/h5-7H,3-4,8-9H2,1-2H3;3-5,10H,2,6H2,1H3. The molecule has 8 nitrogen and oxygen atoms in total. The van der Waals surface area contributed by atoms with Crippen molar-refractivity contribution in [1.29, 1.82) is 0 Å². The topological polar surface area (TPSA) is 113 Å². The summed E-state index contributed by atoms with van der Waals surface area (Å²) in [6.45, 7) is 5.41. The first-order valence-corrected chi connectivity index (χ1v) is 12.2. The van der Waals surface area contributed by atoms with Crippen molar-refractivity contribution in [2.45, 2.75) is 40.0 Å². The Labute approximate surface area is 218 Å². The van der Waals surface area contributed by atoms with Crippen molar-refractivity contribution in [3.63, 3.8) is 0 Å². The van der Waals surface area contributed by atoms with E-state index in [4.69, 9.17) is 14.2 Å². The van der Waals surface area contributed by atoms with E-state index in [0.717, 1.165) is 6.07 Å². The molecule has 0 N–H and O–H groups in total. The largest absolute Gasteiger partial charge is 0.466 e. The molecule has 2 atom stereocenters. The van der Waals surface area contributed by atoms with Crippen molar-refractivity contribution >= 4 is 29.5 Å². The van der Waals surface area contributed by atoms with E-state index in [2.05, 4.69) is 0 Å². The first-order chi connectivity index (χ1) is 18.1. The van der Waals surface area contributed by atoms with Gasteiger partial charge in [0.1, 0.15) is 23.0 Å². The summed E-state index contributed by atoms with van der Waals surface area (Å²) in [4.78, 5) is 60.1. The van der Waals surface area contributed by atoms with Crippen molar-refractivity contribution in [3.05, 3.63) is 70.3 Å². The van der Waals surface area contributed by atoms with Crippen LogP contribution >= 0.6 is 0 Å². The zero-order chi connectivity index (χ0) is 28.0. The van der Waals surface area contributed by atoms with Gasteiger partial charge in [-0.15, -0.1) is 0 Å². The maximum atomic E-state index is 13.4. The van der Waals surface area contributed by atoms with Crippen LogP contribution in [-0.4, -0.2) is 49.3 Å². The first-order valence-electron chi connectivity index (χ1n) is 12.2. The number of hydrogen-bond acceptors (Lipinski definition) is 8. The Bertz CT molecular complexity index is 1270. The highest BCUT2D eigenvalue weighted by Crippen LogP contribution is 2.41. The highest BCUT2D eigenvalue weighted by molar-refractivity contribution is 6.17. The van der Waals surface area contributed by atoms with E-state index in [9.17, 15) is 32.8 Å². The number of fused-ring (bicyclic) bond motifs is 2.